The highest BCUT2D eigenvalue weighted by atomic mass is 15.3. The lowest BCUT2D eigenvalue weighted by Gasteiger charge is -2.11. The Bertz CT molecular complexity index is 395. The van der Waals surface area contributed by atoms with E-state index in [-0.39, 0.29) is 0 Å². The van der Waals surface area contributed by atoms with E-state index in [2.05, 4.69) is 52.2 Å². The summed E-state index contributed by atoms with van der Waals surface area (Å²) in [7, 11) is 0. The van der Waals surface area contributed by atoms with Crippen LogP contribution in [-0.4, -0.2) is 35.4 Å². The molecule has 2 N–H and O–H groups in total. The molecule has 0 aliphatic rings. The van der Waals surface area contributed by atoms with E-state index in [1.807, 2.05) is 6.92 Å². The quantitative estimate of drug-likeness (QED) is 0.449. The topological polar surface area (TPSA) is 54.2 Å². The minimum atomic E-state index is 0.868. The summed E-state index contributed by atoms with van der Waals surface area (Å²) in [6.45, 7) is 12.0. The first-order valence-corrected chi connectivity index (χ1v) is 7.20. The molecule has 0 amide bonds. The molecule has 19 heavy (non-hydrogen) atoms. The second kappa shape index (κ2) is 8.56. The SMILES string of the molecule is CCCN=C(NCC)NCCCn1nc(C)cc1C. The molecule has 0 fully saturated rings. The molecule has 0 saturated carbocycles. The normalized spacial score (nSPS) is 11.7. The Morgan fingerprint density at radius 3 is 2.68 bits per heavy atom. The molecule has 1 heterocycles. The summed E-state index contributed by atoms with van der Waals surface area (Å²) in [4.78, 5) is 4.47. The van der Waals surface area contributed by atoms with Crippen LogP contribution in [0, 0.1) is 13.8 Å². The van der Waals surface area contributed by atoms with Crippen molar-refractivity contribution in [3.63, 3.8) is 0 Å². The molecule has 0 radical (unpaired) electrons. The zero-order valence-corrected chi connectivity index (χ0v) is 12.7. The largest absolute Gasteiger partial charge is 0.357 e. The summed E-state index contributed by atoms with van der Waals surface area (Å²) >= 11 is 0. The van der Waals surface area contributed by atoms with Crippen LogP contribution >= 0.6 is 0 Å². The lowest BCUT2D eigenvalue weighted by molar-refractivity contribution is 0.555. The number of aromatic nitrogens is 2. The fourth-order valence-corrected chi connectivity index (χ4v) is 1.90. The highest BCUT2D eigenvalue weighted by Crippen LogP contribution is 2.02. The molecule has 0 spiro atoms. The van der Waals surface area contributed by atoms with E-state index in [0.29, 0.717) is 0 Å². The van der Waals surface area contributed by atoms with Crippen molar-refractivity contribution in [2.45, 2.75) is 47.1 Å². The van der Waals surface area contributed by atoms with Gasteiger partial charge in [0.15, 0.2) is 5.96 Å². The zero-order chi connectivity index (χ0) is 14.1. The molecular weight excluding hydrogens is 238 g/mol. The van der Waals surface area contributed by atoms with Crippen molar-refractivity contribution in [3.8, 4) is 0 Å². The van der Waals surface area contributed by atoms with Gasteiger partial charge in [0.2, 0.25) is 0 Å². The van der Waals surface area contributed by atoms with Gasteiger partial charge in [0.05, 0.1) is 5.69 Å². The van der Waals surface area contributed by atoms with Crippen molar-refractivity contribution >= 4 is 5.96 Å². The van der Waals surface area contributed by atoms with Gasteiger partial charge in [-0.1, -0.05) is 6.92 Å². The van der Waals surface area contributed by atoms with Crippen LogP contribution < -0.4 is 10.6 Å². The Morgan fingerprint density at radius 2 is 2.11 bits per heavy atom. The predicted molar refractivity (Wildman–Crippen MR) is 80.6 cm³/mol. The molecule has 5 nitrogen and oxygen atoms in total. The first kappa shape index (κ1) is 15.5. The second-order valence-corrected chi connectivity index (χ2v) is 4.69. The monoisotopic (exact) mass is 265 g/mol. The fourth-order valence-electron chi connectivity index (χ4n) is 1.90. The van der Waals surface area contributed by atoms with Crippen molar-refractivity contribution in [2.75, 3.05) is 19.6 Å². The molecule has 0 unspecified atom stereocenters. The summed E-state index contributed by atoms with van der Waals surface area (Å²) in [5.74, 6) is 0.915. The highest BCUT2D eigenvalue weighted by Gasteiger charge is 2.00. The molecule has 1 aromatic rings. The molecular formula is C14H27N5. The molecule has 0 saturated heterocycles. The van der Waals surface area contributed by atoms with Gasteiger partial charge < -0.3 is 10.6 Å². The van der Waals surface area contributed by atoms with Crippen LogP contribution in [-0.2, 0) is 6.54 Å². The van der Waals surface area contributed by atoms with Crippen LogP contribution in [0.1, 0.15) is 38.1 Å². The molecule has 0 aliphatic heterocycles. The molecule has 0 atom stereocenters. The van der Waals surface area contributed by atoms with Crippen molar-refractivity contribution in [1.82, 2.24) is 20.4 Å². The average molecular weight is 265 g/mol. The Kier molecular flexibility index (Phi) is 7.00. The van der Waals surface area contributed by atoms with E-state index in [1.165, 1.54) is 5.69 Å². The lowest BCUT2D eigenvalue weighted by atomic mass is 10.4. The summed E-state index contributed by atoms with van der Waals surface area (Å²) < 4.78 is 2.06. The number of aliphatic imine (C=N–C) groups is 1. The second-order valence-electron chi connectivity index (χ2n) is 4.69. The summed E-state index contributed by atoms with van der Waals surface area (Å²) in [6.07, 6.45) is 2.11. The van der Waals surface area contributed by atoms with Crippen molar-refractivity contribution in [2.24, 2.45) is 4.99 Å². The summed E-state index contributed by atoms with van der Waals surface area (Å²) in [6, 6.07) is 2.11. The lowest BCUT2D eigenvalue weighted by Crippen LogP contribution is -2.38. The first-order chi connectivity index (χ1) is 9.17. The fraction of sp³-hybridized carbons (Fsp3) is 0.714. The number of rotatable bonds is 7. The molecule has 0 aromatic carbocycles. The van der Waals surface area contributed by atoms with Gasteiger partial charge in [-0.2, -0.15) is 5.10 Å². The van der Waals surface area contributed by atoms with Crippen LogP contribution in [0.25, 0.3) is 0 Å². The van der Waals surface area contributed by atoms with Crippen LogP contribution in [0.2, 0.25) is 0 Å². The van der Waals surface area contributed by atoms with Crippen molar-refractivity contribution in [3.05, 3.63) is 17.5 Å². The maximum absolute atomic E-state index is 4.47. The zero-order valence-electron chi connectivity index (χ0n) is 12.7. The predicted octanol–water partition coefficient (Wildman–Crippen LogP) is 1.86. The number of guanidine groups is 1. The van der Waals surface area contributed by atoms with E-state index in [4.69, 9.17) is 0 Å². The third-order valence-electron chi connectivity index (χ3n) is 2.78. The van der Waals surface area contributed by atoms with Gasteiger partial charge in [0.1, 0.15) is 0 Å². The Balaban J connectivity index is 2.30. The highest BCUT2D eigenvalue weighted by molar-refractivity contribution is 5.79. The Hall–Kier alpha value is -1.52. The van der Waals surface area contributed by atoms with Crippen LogP contribution in [0.4, 0.5) is 0 Å². The number of aryl methyl sites for hydroxylation is 3. The van der Waals surface area contributed by atoms with Crippen LogP contribution in [0.15, 0.2) is 11.1 Å². The van der Waals surface area contributed by atoms with E-state index < -0.39 is 0 Å². The molecule has 1 rings (SSSR count). The minimum absolute atomic E-state index is 0.868. The third-order valence-corrected chi connectivity index (χ3v) is 2.78. The maximum atomic E-state index is 4.47. The van der Waals surface area contributed by atoms with Crippen LogP contribution in [0.3, 0.4) is 0 Å². The molecule has 1 aromatic heterocycles. The van der Waals surface area contributed by atoms with E-state index >= 15 is 0 Å². The first-order valence-electron chi connectivity index (χ1n) is 7.20. The molecule has 0 aliphatic carbocycles. The van der Waals surface area contributed by atoms with Gasteiger partial charge >= 0.3 is 0 Å². The summed E-state index contributed by atoms with van der Waals surface area (Å²) in [5.41, 5.74) is 2.31. The van der Waals surface area contributed by atoms with E-state index in [0.717, 1.165) is 50.7 Å². The standard InChI is InChI=1S/C14H27N5/c1-5-8-16-14(15-6-2)17-9-7-10-19-13(4)11-12(3)18-19/h11H,5-10H2,1-4H3,(H2,15,16,17). The number of nitrogens with one attached hydrogen (secondary N) is 2. The smallest absolute Gasteiger partial charge is 0.191 e. The van der Waals surface area contributed by atoms with Gasteiger partial charge in [-0.3, -0.25) is 9.67 Å². The molecule has 5 heteroatoms. The number of hydrogen-bond donors (Lipinski definition) is 2. The molecule has 108 valence electrons. The number of nitrogens with zero attached hydrogens (tertiary/aromatic N) is 3. The van der Waals surface area contributed by atoms with E-state index in [1.54, 1.807) is 0 Å². The third kappa shape index (κ3) is 5.77. The van der Waals surface area contributed by atoms with Gasteiger partial charge in [0, 0.05) is 31.9 Å². The maximum Gasteiger partial charge on any atom is 0.191 e. The average Bonchev–Trinajstić information content (AvgIpc) is 2.70. The van der Waals surface area contributed by atoms with Crippen molar-refractivity contribution < 1.29 is 0 Å². The summed E-state index contributed by atoms with van der Waals surface area (Å²) in [5, 5.41) is 11.1. The van der Waals surface area contributed by atoms with Gasteiger partial charge in [-0.25, -0.2) is 0 Å². The molecule has 0 bridgehead atoms. The van der Waals surface area contributed by atoms with Crippen molar-refractivity contribution in [1.29, 1.82) is 0 Å². The van der Waals surface area contributed by atoms with Gasteiger partial charge in [-0.15, -0.1) is 0 Å². The Labute approximate surface area is 116 Å². The number of hydrogen-bond acceptors (Lipinski definition) is 2. The van der Waals surface area contributed by atoms with E-state index in [9.17, 15) is 0 Å². The van der Waals surface area contributed by atoms with Crippen LogP contribution in [0.5, 0.6) is 0 Å². The Morgan fingerprint density at radius 1 is 1.32 bits per heavy atom. The minimum Gasteiger partial charge on any atom is -0.357 e. The van der Waals surface area contributed by atoms with Gasteiger partial charge in [0.25, 0.3) is 0 Å². The van der Waals surface area contributed by atoms with Gasteiger partial charge in [-0.05, 0) is 39.7 Å².